The van der Waals surface area contributed by atoms with Crippen molar-refractivity contribution in [2.24, 2.45) is 0 Å². The van der Waals surface area contributed by atoms with E-state index in [9.17, 15) is 4.79 Å². The first kappa shape index (κ1) is 22.9. The number of ether oxygens (including phenoxy) is 2. The van der Waals surface area contributed by atoms with Gasteiger partial charge in [0.2, 0.25) is 6.79 Å². The fourth-order valence-electron chi connectivity index (χ4n) is 4.79. The third-order valence-electron chi connectivity index (χ3n) is 6.54. The molecule has 0 aliphatic carbocycles. The minimum absolute atomic E-state index is 0.163. The van der Waals surface area contributed by atoms with Gasteiger partial charge in [-0.05, 0) is 41.9 Å². The highest BCUT2D eigenvalue weighted by atomic mass is 16.7. The Morgan fingerprint density at radius 1 is 0.838 bits per heavy atom. The number of nitrogens with zero attached hydrogens (tertiary/aromatic N) is 1. The molecule has 1 amide bonds. The first-order valence-electron chi connectivity index (χ1n) is 12.3. The molecule has 37 heavy (non-hydrogen) atoms. The fraction of sp³-hybridized carbons (Fsp3) is 0.129. The molecule has 184 valence electrons. The predicted molar refractivity (Wildman–Crippen MR) is 146 cm³/mol. The lowest BCUT2D eigenvalue weighted by molar-refractivity contribution is -0.110. The lowest BCUT2D eigenvalue weighted by Crippen LogP contribution is -2.17. The standard InChI is InChI=1S/C31H27N3O3/c1-34(18-21-8-4-2-5-9-21)19-22-12-14-24(15-13-22)32-30(23-10-6-3-7-11-23)29-25-16-27-28(37-20-36-27)17-26(25)33-31(29)35/h2-17,32H,18-20H2,1H3,(H,33,35)/b30-29-. The highest BCUT2D eigenvalue weighted by molar-refractivity contribution is 6.37. The summed E-state index contributed by atoms with van der Waals surface area (Å²) in [5.41, 5.74) is 7.16. The van der Waals surface area contributed by atoms with E-state index < -0.39 is 0 Å². The molecule has 2 heterocycles. The fourth-order valence-corrected chi connectivity index (χ4v) is 4.79. The summed E-state index contributed by atoms with van der Waals surface area (Å²) < 4.78 is 11.1. The zero-order valence-electron chi connectivity index (χ0n) is 20.5. The zero-order valence-corrected chi connectivity index (χ0v) is 20.5. The van der Waals surface area contributed by atoms with Gasteiger partial charge >= 0.3 is 0 Å². The summed E-state index contributed by atoms with van der Waals surface area (Å²) in [4.78, 5) is 15.5. The van der Waals surface area contributed by atoms with Gasteiger partial charge in [-0.3, -0.25) is 9.69 Å². The van der Waals surface area contributed by atoms with Gasteiger partial charge in [-0.15, -0.1) is 0 Å². The van der Waals surface area contributed by atoms with Crippen molar-refractivity contribution in [2.75, 3.05) is 24.5 Å². The number of rotatable bonds is 7. The Kier molecular flexibility index (Phi) is 6.08. The van der Waals surface area contributed by atoms with E-state index in [2.05, 4.69) is 71.1 Å². The number of nitrogens with one attached hydrogen (secondary N) is 2. The first-order chi connectivity index (χ1) is 18.1. The number of hydrogen-bond donors (Lipinski definition) is 2. The summed E-state index contributed by atoms with van der Waals surface area (Å²) in [6, 6.07) is 32.4. The van der Waals surface area contributed by atoms with E-state index in [1.54, 1.807) is 0 Å². The van der Waals surface area contributed by atoms with E-state index in [0.29, 0.717) is 17.1 Å². The molecule has 6 heteroatoms. The molecule has 0 aromatic heterocycles. The van der Waals surface area contributed by atoms with E-state index in [4.69, 9.17) is 9.47 Å². The largest absolute Gasteiger partial charge is 0.454 e. The predicted octanol–water partition coefficient (Wildman–Crippen LogP) is 5.98. The minimum Gasteiger partial charge on any atom is -0.454 e. The van der Waals surface area contributed by atoms with Crippen molar-refractivity contribution in [3.05, 3.63) is 119 Å². The maximum atomic E-state index is 13.2. The van der Waals surface area contributed by atoms with Crippen LogP contribution in [0, 0.1) is 0 Å². The van der Waals surface area contributed by atoms with Crippen molar-refractivity contribution in [1.29, 1.82) is 0 Å². The number of anilines is 2. The number of fused-ring (bicyclic) bond motifs is 2. The number of hydrogen-bond acceptors (Lipinski definition) is 5. The Labute approximate surface area is 216 Å². The van der Waals surface area contributed by atoms with E-state index in [-0.39, 0.29) is 12.7 Å². The Morgan fingerprint density at radius 3 is 2.16 bits per heavy atom. The molecule has 2 N–H and O–H groups in total. The van der Waals surface area contributed by atoms with Gasteiger partial charge in [0, 0.05) is 30.4 Å². The Morgan fingerprint density at radius 2 is 1.46 bits per heavy atom. The second-order valence-corrected chi connectivity index (χ2v) is 9.30. The van der Waals surface area contributed by atoms with Crippen LogP contribution in [0.3, 0.4) is 0 Å². The summed E-state index contributed by atoms with van der Waals surface area (Å²) in [7, 11) is 2.12. The molecule has 0 bridgehead atoms. The number of carbonyl (C=O) groups is 1. The van der Waals surface area contributed by atoms with Crippen molar-refractivity contribution in [2.45, 2.75) is 13.1 Å². The SMILES string of the molecule is CN(Cc1ccccc1)Cc1ccc(N/C(=C2\C(=O)Nc3cc4c(cc32)OCO4)c2ccccc2)cc1. The number of carbonyl (C=O) groups excluding carboxylic acids is 1. The molecule has 2 aliphatic heterocycles. The van der Waals surface area contributed by atoms with Crippen LogP contribution in [0.1, 0.15) is 22.3 Å². The van der Waals surface area contributed by atoms with Gasteiger partial charge in [0.15, 0.2) is 11.5 Å². The molecule has 0 fully saturated rings. The molecule has 4 aromatic rings. The van der Waals surface area contributed by atoms with Gasteiger partial charge in [0.05, 0.1) is 17.0 Å². The molecule has 0 saturated heterocycles. The topological polar surface area (TPSA) is 62.8 Å². The van der Waals surface area contributed by atoms with Crippen molar-refractivity contribution in [3.63, 3.8) is 0 Å². The first-order valence-corrected chi connectivity index (χ1v) is 12.3. The van der Waals surface area contributed by atoms with Gasteiger partial charge in [0.25, 0.3) is 5.91 Å². The van der Waals surface area contributed by atoms with Gasteiger partial charge in [0.1, 0.15) is 0 Å². The normalized spacial score (nSPS) is 14.9. The van der Waals surface area contributed by atoms with E-state index >= 15 is 0 Å². The average Bonchev–Trinajstić information content (AvgIpc) is 3.50. The summed E-state index contributed by atoms with van der Waals surface area (Å²) >= 11 is 0. The Hall–Kier alpha value is -4.55. The van der Waals surface area contributed by atoms with Gasteiger partial charge in [-0.2, -0.15) is 0 Å². The van der Waals surface area contributed by atoms with Crippen LogP contribution in [0.15, 0.2) is 97.1 Å². The third-order valence-corrected chi connectivity index (χ3v) is 6.54. The van der Waals surface area contributed by atoms with Gasteiger partial charge in [-0.1, -0.05) is 72.8 Å². The molecule has 0 radical (unpaired) electrons. The lowest BCUT2D eigenvalue weighted by Gasteiger charge is -2.18. The van der Waals surface area contributed by atoms with Crippen LogP contribution in [0.2, 0.25) is 0 Å². The van der Waals surface area contributed by atoms with Crippen LogP contribution in [0.5, 0.6) is 11.5 Å². The molecule has 6 rings (SSSR count). The number of benzene rings is 4. The second-order valence-electron chi connectivity index (χ2n) is 9.30. The Balaban J connectivity index is 1.29. The maximum absolute atomic E-state index is 13.2. The summed E-state index contributed by atoms with van der Waals surface area (Å²) in [6.07, 6.45) is 0. The van der Waals surface area contributed by atoms with Crippen molar-refractivity contribution in [1.82, 2.24) is 4.90 Å². The van der Waals surface area contributed by atoms with Gasteiger partial charge in [-0.25, -0.2) is 0 Å². The Bertz CT molecular complexity index is 1470. The molecule has 0 saturated carbocycles. The molecule has 0 unspecified atom stereocenters. The van der Waals surface area contributed by atoms with Crippen molar-refractivity contribution < 1.29 is 14.3 Å². The summed E-state index contributed by atoms with van der Waals surface area (Å²) in [5, 5.41) is 6.52. The molecular weight excluding hydrogens is 462 g/mol. The number of amides is 1. The van der Waals surface area contributed by atoms with Crippen LogP contribution in [0.4, 0.5) is 11.4 Å². The van der Waals surface area contributed by atoms with Crippen molar-refractivity contribution in [3.8, 4) is 11.5 Å². The van der Waals surface area contributed by atoms with Crippen LogP contribution in [-0.4, -0.2) is 24.6 Å². The monoisotopic (exact) mass is 489 g/mol. The maximum Gasteiger partial charge on any atom is 0.258 e. The van der Waals surface area contributed by atoms with E-state index in [0.717, 1.165) is 41.3 Å². The summed E-state index contributed by atoms with van der Waals surface area (Å²) in [6.45, 7) is 1.91. The lowest BCUT2D eigenvalue weighted by atomic mass is 9.99. The third kappa shape index (κ3) is 4.79. The van der Waals surface area contributed by atoms with Crippen LogP contribution in [-0.2, 0) is 17.9 Å². The van der Waals surface area contributed by atoms with Crippen LogP contribution in [0.25, 0.3) is 11.3 Å². The smallest absolute Gasteiger partial charge is 0.258 e. The van der Waals surface area contributed by atoms with E-state index in [1.807, 2.05) is 48.5 Å². The van der Waals surface area contributed by atoms with Crippen LogP contribution < -0.4 is 20.1 Å². The average molecular weight is 490 g/mol. The van der Waals surface area contributed by atoms with Crippen LogP contribution >= 0.6 is 0 Å². The quantitative estimate of drug-likeness (QED) is 0.313. The highest BCUT2D eigenvalue weighted by Gasteiger charge is 2.31. The molecule has 6 nitrogen and oxygen atoms in total. The molecule has 4 aromatic carbocycles. The molecule has 0 atom stereocenters. The zero-order chi connectivity index (χ0) is 25.2. The van der Waals surface area contributed by atoms with E-state index in [1.165, 1.54) is 11.1 Å². The minimum atomic E-state index is -0.163. The van der Waals surface area contributed by atoms with Crippen molar-refractivity contribution >= 4 is 28.6 Å². The molecule has 0 spiro atoms. The second kappa shape index (κ2) is 9.84. The molecular formula is C31H27N3O3. The summed E-state index contributed by atoms with van der Waals surface area (Å²) in [5.74, 6) is 1.12. The highest BCUT2D eigenvalue weighted by Crippen LogP contribution is 2.45. The van der Waals surface area contributed by atoms with Gasteiger partial charge < -0.3 is 20.1 Å². The molecule has 2 aliphatic rings.